The molecular formula is C54H66N4S4. The maximum absolute atomic E-state index is 6.11. The summed E-state index contributed by atoms with van der Waals surface area (Å²) in [4.78, 5) is 9.57. The molecule has 6 rings (SSSR count). The normalized spacial score (nSPS) is 11.8. The topological polar surface area (TPSA) is 58.5 Å². The Hall–Kier alpha value is -3.44. The number of thioether (sulfide) groups is 4. The highest BCUT2D eigenvalue weighted by molar-refractivity contribution is 8.00. The van der Waals surface area contributed by atoms with Gasteiger partial charge in [-0.2, -0.15) is 0 Å². The molecule has 0 bridgehead atoms. The summed E-state index contributed by atoms with van der Waals surface area (Å²) >= 11 is 7.52. The van der Waals surface area contributed by atoms with Gasteiger partial charge in [0.1, 0.15) is 0 Å². The molecule has 0 radical (unpaired) electrons. The molecule has 0 aliphatic rings. The zero-order valence-corrected chi connectivity index (χ0v) is 41.3. The van der Waals surface area contributed by atoms with Gasteiger partial charge in [-0.05, 0) is 180 Å². The van der Waals surface area contributed by atoms with Crippen molar-refractivity contribution in [2.75, 3.05) is 77.4 Å². The van der Waals surface area contributed by atoms with Gasteiger partial charge in [0.25, 0.3) is 0 Å². The Morgan fingerprint density at radius 3 is 0.984 bits per heavy atom. The van der Waals surface area contributed by atoms with E-state index in [0.717, 1.165) is 36.1 Å². The van der Waals surface area contributed by atoms with Gasteiger partial charge in [0.2, 0.25) is 0 Å². The third-order valence-electron chi connectivity index (χ3n) is 10.8. The Kier molecular flexibility index (Phi) is 18.2. The summed E-state index contributed by atoms with van der Waals surface area (Å²) < 4.78 is 0. The van der Waals surface area contributed by atoms with Crippen LogP contribution in [-0.2, 0) is 0 Å². The van der Waals surface area contributed by atoms with Crippen molar-refractivity contribution >= 4 is 47.0 Å². The molecule has 62 heavy (non-hydrogen) atoms. The van der Waals surface area contributed by atoms with Gasteiger partial charge < -0.3 is 21.3 Å². The molecule has 0 spiro atoms. The highest BCUT2D eigenvalue weighted by atomic mass is 32.2. The number of rotatable bonds is 21. The summed E-state index contributed by atoms with van der Waals surface area (Å²) in [5, 5.41) is 0. The predicted molar refractivity (Wildman–Crippen MR) is 280 cm³/mol. The zero-order chi connectivity index (χ0) is 44.2. The maximum atomic E-state index is 6.11. The van der Waals surface area contributed by atoms with E-state index in [1.54, 1.807) is 0 Å². The standard InChI is InChI=1S/C54H66N4S4/c1-37(2)41-23-43(39-11-9-13-51(31-39)61-21-17-57(5)6)27-44(24-41)49-30-50(36-54(35-49)60-20-16-56)46-26-42(38(3)4)25-45(28-46)48-29-47(33-53(34-48)59-19-15-55)40-12-10-14-52(32-40)62-22-18-58(7)8/h9-14,23-38H,15-22,55-56H2,1-8H3. The van der Waals surface area contributed by atoms with Crippen molar-refractivity contribution in [3.05, 3.63) is 132 Å². The van der Waals surface area contributed by atoms with E-state index in [9.17, 15) is 0 Å². The SMILES string of the molecule is CC(C)c1cc(-c2cccc(SCCN(C)C)c2)cc(-c2cc(SCCN)cc(-c3cc(-c4cc(SCCN)cc(-c5cccc(SCCN(C)C)c5)c4)cc(C(C)C)c3)c2)c1. The van der Waals surface area contributed by atoms with E-state index in [2.05, 4.69) is 187 Å². The lowest BCUT2D eigenvalue weighted by Crippen LogP contribution is -2.14. The number of benzene rings is 6. The van der Waals surface area contributed by atoms with E-state index < -0.39 is 0 Å². The van der Waals surface area contributed by atoms with E-state index in [-0.39, 0.29) is 0 Å². The Balaban J connectivity index is 1.45. The van der Waals surface area contributed by atoms with E-state index in [0.29, 0.717) is 24.9 Å². The maximum Gasteiger partial charge on any atom is 0.0108 e. The van der Waals surface area contributed by atoms with Crippen LogP contribution >= 0.6 is 47.0 Å². The number of nitrogens with zero attached hydrogens (tertiary/aromatic N) is 2. The molecule has 6 aromatic carbocycles. The second kappa shape index (κ2) is 23.5. The van der Waals surface area contributed by atoms with Gasteiger partial charge >= 0.3 is 0 Å². The number of hydrogen-bond acceptors (Lipinski definition) is 8. The molecule has 8 heteroatoms. The summed E-state index contributed by atoms with van der Waals surface area (Å²) in [6, 6.07) is 46.7. The largest absolute Gasteiger partial charge is 0.330 e. The predicted octanol–water partition coefficient (Wildman–Crippen LogP) is 13.7. The quantitative estimate of drug-likeness (QED) is 0.0693. The van der Waals surface area contributed by atoms with Gasteiger partial charge in [-0.3, -0.25) is 0 Å². The average Bonchev–Trinajstić information content (AvgIpc) is 3.27. The first kappa shape index (κ1) is 48.0. The zero-order valence-electron chi connectivity index (χ0n) is 38.0. The van der Waals surface area contributed by atoms with Crippen LogP contribution in [0.15, 0.2) is 141 Å². The summed E-state index contributed by atoms with van der Waals surface area (Å²) in [5.41, 5.74) is 27.2. The molecule has 6 aromatic rings. The molecule has 0 fully saturated rings. The molecule has 326 valence electrons. The Morgan fingerprint density at radius 2 is 0.661 bits per heavy atom. The molecular weight excluding hydrogens is 833 g/mol. The molecule has 0 unspecified atom stereocenters. The summed E-state index contributed by atoms with van der Waals surface area (Å²) in [7, 11) is 8.54. The van der Waals surface area contributed by atoms with Gasteiger partial charge in [-0.25, -0.2) is 0 Å². The molecule has 0 aliphatic heterocycles. The van der Waals surface area contributed by atoms with Crippen LogP contribution < -0.4 is 11.5 Å². The lowest BCUT2D eigenvalue weighted by atomic mass is 9.89. The minimum absolute atomic E-state index is 0.357. The number of hydrogen-bond donors (Lipinski definition) is 2. The molecule has 0 aromatic heterocycles. The fourth-order valence-corrected chi connectivity index (χ4v) is 10.9. The van der Waals surface area contributed by atoms with Crippen molar-refractivity contribution < 1.29 is 0 Å². The molecule has 4 nitrogen and oxygen atoms in total. The molecule has 0 aliphatic carbocycles. The Bertz CT molecular complexity index is 2390. The average molecular weight is 899 g/mol. The van der Waals surface area contributed by atoms with Gasteiger partial charge in [0, 0.05) is 68.8 Å². The van der Waals surface area contributed by atoms with Crippen LogP contribution in [0.25, 0.3) is 55.6 Å². The van der Waals surface area contributed by atoms with E-state index in [1.807, 2.05) is 47.0 Å². The van der Waals surface area contributed by atoms with Gasteiger partial charge in [0.05, 0.1) is 0 Å². The van der Waals surface area contributed by atoms with E-state index in [4.69, 9.17) is 11.5 Å². The van der Waals surface area contributed by atoms with Crippen LogP contribution in [0, 0.1) is 0 Å². The van der Waals surface area contributed by atoms with Crippen molar-refractivity contribution in [1.82, 2.24) is 9.80 Å². The first-order valence-electron chi connectivity index (χ1n) is 21.9. The smallest absolute Gasteiger partial charge is 0.0108 e. The van der Waals surface area contributed by atoms with Crippen LogP contribution in [0.1, 0.15) is 50.7 Å². The highest BCUT2D eigenvalue weighted by Crippen LogP contribution is 2.40. The third kappa shape index (κ3) is 13.8. The first-order valence-corrected chi connectivity index (χ1v) is 25.9. The summed E-state index contributed by atoms with van der Waals surface area (Å²) in [6.45, 7) is 12.6. The third-order valence-corrected chi connectivity index (χ3v) is 14.7. The van der Waals surface area contributed by atoms with Crippen molar-refractivity contribution in [1.29, 1.82) is 0 Å². The van der Waals surface area contributed by atoms with Crippen LogP contribution in [0.4, 0.5) is 0 Å². The summed E-state index contributed by atoms with van der Waals surface area (Å²) in [6.07, 6.45) is 0. The van der Waals surface area contributed by atoms with Crippen LogP contribution in [0.3, 0.4) is 0 Å². The van der Waals surface area contributed by atoms with Crippen LogP contribution in [0.5, 0.6) is 0 Å². The van der Waals surface area contributed by atoms with Crippen molar-refractivity contribution in [2.24, 2.45) is 11.5 Å². The molecule has 0 amide bonds. The lowest BCUT2D eigenvalue weighted by Gasteiger charge is -2.18. The van der Waals surface area contributed by atoms with Crippen LogP contribution in [0.2, 0.25) is 0 Å². The second-order valence-corrected chi connectivity index (χ2v) is 21.8. The van der Waals surface area contributed by atoms with Crippen molar-refractivity contribution in [3.63, 3.8) is 0 Å². The monoisotopic (exact) mass is 898 g/mol. The Labute approximate surface area is 390 Å². The highest BCUT2D eigenvalue weighted by Gasteiger charge is 2.15. The lowest BCUT2D eigenvalue weighted by molar-refractivity contribution is 0.437. The minimum Gasteiger partial charge on any atom is -0.330 e. The van der Waals surface area contributed by atoms with Gasteiger partial charge in [-0.1, -0.05) is 76.2 Å². The van der Waals surface area contributed by atoms with E-state index >= 15 is 0 Å². The first-order chi connectivity index (χ1) is 29.9. The number of nitrogens with two attached hydrogens (primary N) is 2. The summed E-state index contributed by atoms with van der Waals surface area (Å²) in [5.74, 6) is 4.60. The van der Waals surface area contributed by atoms with Crippen LogP contribution in [-0.4, -0.2) is 87.2 Å². The molecule has 0 saturated carbocycles. The van der Waals surface area contributed by atoms with Crippen molar-refractivity contribution in [3.8, 4) is 55.6 Å². The molecule has 0 heterocycles. The second-order valence-electron chi connectivity index (χ2n) is 17.1. The fourth-order valence-electron chi connectivity index (χ4n) is 7.24. The van der Waals surface area contributed by atoms with Crippen molar-refractivity contribution in [2.45, 2.75) is 59.1 Å². The molecule has 0 atom stereocenters. The fraction of sp³-hybridized carbons (Fsp3) is 0.333. The molecule has 4 N–H and O–H groups in total. The minimum atomic E-state index is 0.357. The molecule has 0 saturated heterocycles. The van der Waals surface area contributed by atoms with Gasteiger partial charge in [0.15, 0.2) is 0 Å². The van der Waals surface area contributed by atoms with E-state index in [1.165, 1.54) is 86.3 Å². The Morgan fingerprint density at radius 1 is 0.371 bits per heavy atom. The van der Waals surface area contributed by atoms with Gasteiger partial charge in [-0.15, -0.1) is 47.0 Å².